The second-order valence-corrected chi connectivity index (χ2v) is 8.65. The van der Waals surface area contributed by atoms with E-state index in [0.717, 1.165) is 53.9 Å². The van der Waals surface area contributed by atoms with Crippen molar-refractivity contribution in [2.45, 2.75) is 31.5 Å². The normalized spacial score (nSPS) is 19.7. The number of carbonyl (C=O) groups excluding carboxylic acids is 1. The van der Waals surface area contributed by atoms with Gasteiger partial charge in [-0.1, -0.05) is 36.4 Å². The predicted molar refractivity (Wildman–Crippen MR) is 128 cm³/mol. The second-order valence-electron chi connectivity index (χ2n) is 8.65. The van der Waals surface area contributed by atoms with Crippen molar-refractivity contribution in [1.82, 2.24) is 20.2 Å². The van der Waals surface area contributed by atoms with Crippen molar-refractivity contribution in [2.75, 3.05) is 20.1 Å². The number of piperidine rings is 1. The molecule has 0 bridgehead atoms. The van der Waals surface area contributed by atoms with Gasteiger partial charge in [-0.25, -0.2) is 9.98 Å². The summed E-state index contributed by atoms with van der Waals surface area (Å²) in [7, 11) is 2.15. The number of likely N-dealkylation sites (tertiary alicyclic amines) is 1. The van der Waals surface area contributed by atoms with E-state index >= 15 is 0 Å². The summed E-state index contributed by atoms with van der Waals surface area (Å²) in [6.45, 7) is 2.05. The van der Waals surface area contributed by atoms with E-state index in [1.807, 2.05) is 36.4 Å². The van der Waals surface area contributed by atoms with Gasteiger partial charge in [0, 0.05) is 13.1 Å². The third-order valence-electron chi connectivity index (χ3n) is 6.15. The topological polar surface area (TPSA) is 109 Å². The number of aromatic nitrogens is 2. The summed E-state index contributed by atoms with van der Waals surface area (Å²) < 4.78 is 6.67. The number of fused-ring (bicyclic) bond motifs is 1. The van der Waals surface area contributed by atoms with Crippen molar-refractivity contribution in [1.29, 1.82) is 0 Å². The van der Waals surface area contributed by atoms with Gasteiger partial charge in [0.15, 0.2) is 0 Å². The van der Waals surface area contributed by atoms with E-state index in [2.05, 4.69) is 39.4 Å². The Morgan fingerprint density at radius 1 is 1.21 bits per heavy atom. The van der Waals surface area contributed by atoms with Gasteiger partial charge in [-0.15, -0.1) is 0 Å². The third kappa shape index (κ3) is 4.81. The lowest BCUT2D eigenvalue weighted by Gasteiger charge is -2.31. The number of hydrogen-bond acceptors (Lipinski definition) is 6. The number of aliphatic imine (C=N–C) groups is 1. The van der Waals surface area contributed by atoms with Crippen LogP contribution in [0.5, 0.6) is 0 Å². The molecule has 0 saturated carbocycles. The van der Waals surface area contributed by atoms with E-state index in [1.54, 1.807) is 6.08 Å². The van der Waals surface area contributed by atoms with Crippen LogP contribution in [-0.2, 0) is 16.0 Å². The number of imidazole rings is 1. The average molecular weight is 445 g/mol. The van der Waals surface area contributed by atoms with Gasteiger partial charge in [0.05, 0.1) is 17.1 Å². The molecule has 0 spiro atoms. The molecule has 1 fully saturated rings. The molecule has 1 saturated heterocycles. The lowest BCUT2D eigenvalue weighted by molar-refractivity contribution is -0.115. The number of para-hydroxylation sites is 2. The third-order valence-corrected chi connectivity index (χ3v) is 6.15. The molecule has 2 aromatic carbocycles. The molecule has 1 atom stereocenters. The van der Waals surface area contributed by atoms with Crippen LogP contribution in [0.25, 0.3) is 11.0 Å². The Balaban J connectivity index is 1.43. The van der Waals surface area contributed by atoms with E-state index in [9.17, 15) is 4.79 Å². The summed E-state index contributed by atoms with van der Waals surface area (Å²) in [5, 5.41) is 2.50. The van der Waals surface area contributed by atoms with Crippen molar-refractivity contribution in [3.63, 3.8) is 0 Å². The number of rotatable bonds is 6. The van der Waals surface area contributed by atoms with Crippen molar-refractivity contribution in [3.05, 3.63) is 77.3 Å². The Kier molecular flexibility index (Phi) is 5.93. The summed E-state index contributed by atoms with van der Waals surface area (Å²) in [6.07, 6.45) is 4.21. The molecule has 4 N–H and O–H groups in total. The average Bonchev–Trinajstić information content (AvgIpc) is 3.39. The Hall–Kier alpha value is -3.49. The zero-order valence-corrected chi connectivity index (χ0v) is 18.6. The Morgan fingerprint density at radius 3 is 2.79 bits per heavy atom. The molecule has 2 aliphatic rings. The number of nitrogens with zero attached hydrogens (tertiary/aromatic N) is 3. The maximum absolute atomic E-state index is 11.9. The first kappa shape index (κ1) is 21.4. The maximum Gasteiger partial charge on any atom is 0.276 e. The van der Waals surface area contributed by atoms with Crippen LogP contribution in [0.3, 0.4) is 0 Å². The monoisotopic (exact) mass is 444 g/mol. The largest absolute Gasteiger partial charge is 0.369 e. The van der Waals surface area contributed by atoms with Gasteiger partial charge in [0.2, 0.25) is 5.96 Å². The molecule has 0 radical (unpaired) electrons. The van der Waals surface area contributed by atoms with Crippen LogP contribution in [-0.4, -0.2) is 53.0 Å². The van der Waals surface area contributed by atoms with Crippen molar-refractivity contribution in [3.8, 4) is 0 Å². The van der Waals surface area contributed by atoms with Crippen LogP contribution < -0.4 is 11.1 Å². The predicted octanol–water partition coefficient (Wildman–Crippen LogP) is 2.63. The quantitative estimate of drug-likeness (QED) is 0.507. The van der Waals surface area contributed by atoms with Crippen LogP contribution in [0.1, 0.15) is 35.9 Å². The molecule has 0 aliphatic carbocycles. The fraction of sp³-hybridized carbons (Fsp3) is 0.320. The molecule has 8 heteroatoms. The number of allylic oxidation sites excluding steroid dienone is 1. The van der Waals surface area contributed by atoms with Gasteiger partial charge < -0.3 is 20.4 Å². The molecule has 1 aromatic heterocycles. The van der Waals surface area contributed by atoms with Crippen LogP contribution in [0, 0.1) is 0 Å². The number of carbonyl (C=O) groups is 1. The highest BCUT2D eigenvalue weighted by molar-refractivity contribution is 6.11. The second kappa shape index (κ2) is 9.17. The summed E-state index contributed by atoms with van der Waals surface area (Å²) in [5.41, 5.74) is 9.94. The van der Waals surface area contributed by atoms with E-state index in [1.165, 1.54) is 0 Å². The molecule has 1 amide bonds. The number of nitrogens with two attached hydrogens (primary N) is 1. The molecule has 170 valence electrons. The molecular formula is C25H28N6O2. The van der Waals surface area contributed by atoms with Crippen LogP contribution in [0.4, 0.5) is 0 Å². The van der Waals surface area contributed by atoms with Crippen LogP contribution in [0.2, 0.25) is 0 Å². The molecule has 8 nitrogen and oxygen atoms in total. The molecule has 1 unspecified atom stereocenters. The highest BCUT2D eigenvalue weighted by Gasteiger charge is 2.26. The van der Waals surface area contributed by atoms with Crippen molar-refractivity contribution in [2.24, 2.45) is 10.7 Å². The maximum atomic E-state index is 11.9. The summed E-state index contributed by atoms with van der Waals surface area (Å²) in [4.78, 5) is 26.6. The molecule has 33 heavy (non-hydrogen) atoms. The summed E-state index contributed by atoms with van der Waals surface area (Å²) >= 11 is 0. The minimum absolute atomic E-state index is 0.136. The summed E-state index contributed by atoms with van der Waals surface area (Å²) in [6, 6.07) is 16.3. The standard InChI is InChI=1S/C25H28N6O2/c1-31-13-11-18(12-14-31)33-22(23-27-19-7-2-3-8-20(19)28-23)17-6-4-5-16(15-17)9-10-21-24(32)30-25(26)29-21/h2-8,10,15,18,22H,9,11-14H2,1H3,(H,27,28)(H3,26,29,30,32). The van der Waals surface area contributed by atoms with E-state index in [0.29, 0.717) is 12.1 Å². The first-order valence-corrected chi connectivity index (χ1v) is 11.3. The van der Waals surface area contributed by atoms with Crippen LogP contribution in [0.15, 0.2) is 65.3 Å². The van der Waals surface area contributed by atoms with Gasteiger partial charge in [0.25, 0.3) is 5.91 Å². The molecule has 3 aromatic rings. The lowest BCUT2D eigenvalue weighted by Crippen LogP contribution is -2.35. The fourth-order valence-corrected chi connectivity index (χ4v) is 4.34. The van der Waals surface area contributed by atoms with Gasteiger partial charge in [-0.05, 0) is 55.6 Å². The van der Waals surface area contributed by atoms with Crippen LogP contribution >= 0.6 is 0 Å². The molecule has 2 aliphatic heterocycles. The molecular weight excluding hydrogens is 416 g/mol. The zero-order chi connectivity index (χ0) is 22.8. The first-order chi connectivity index (χ1) is 16.0. The number of amides is 1. The minimum Gasteiger partial charge on any atom is -0.369 e. The van der Waals surface area contributed by atoms with E-state index in [-0.39, 0.29) is 24.1 Å². The number of aromatic amines is 1. The van der Waals surface area contributed by atoms with Gasteiger partial charge in [-0.2, -0.15) is 0 Å². The van der Waals surface area contributed by atoms with E-state index < -0.39 is 0 Å². The smallest absolute Gasteiger partial charge is 0.276 e. The van der Waals surface area contributed by atoms with Crippen molar-refractivity contribution < 1.29 is 9.53 Å². The summed E-state index contributed by atoms with van der Waals surface area (Å²) in [5.74, 6) is 0.670. The minimum atomic E-state index is -0.304. The van der Waals surface area contributed by atoms with Gasteiger partial charge >= 0.3 is 0 Å². The molecule has 3 heterocycles. The van der Waals surface area contributed by atoms with Gasteiger partial charge in [-0.3, -0.25) is 10.1 Å². The number of H-pyrrole nitrogens is 1. The number of nitrogens with one attached hydrogen (secondary N) is 2. The first-order valence-electron chi connectivity index (χ1n) is 11.3. The fourth-order valence-electron chi connectivity index (χ4n) is 4.34. The number of benzene rings is 2. The number of ether oxygens (including phenoxy) is 1. The van der Waals surface area contributed by atoms with Gasteiger partial charge in [0.1, 0.15) is 17.6 Å². The number of hydrogen-bond donors (Lipinski definition) is 3. The Labute approximate surface area is 192 Å². The Morgan fingerprint density at radius 2 is 2.03 bits per heavy atom. The molecule has 5 rings (SSSR count). The Bertz CT molecular complexity index is 1190. The van der Waals surface area contributed by atoms with Crippen molar-refractivity contribution >= 4 is 22.9 Å². The zero-order valence-electron chi connectivity index (χ0n) is 18.6. The highest BCUT2D eigenvalue weighted by atomic mass is 16.5. The highest BCUT2D eigenvalue weighted by Crippen LogP contribution is 2.30. The SMILES string of the molecule is CN1CCC(OC(c2cccc(CC=C3N=C(N)NC3=O)c2)c2nc3ccccc3[nH]2)CC1. The van der Waals surface area contributed by atoms with E-state index in [4.69, 9.17) is 15.5 Å². The lowest BCUT2D eigenvalue weighted by atomic mass is 10.0. The number of guanidine groups is 1.